The number of nitrogens with zero attached hydrogens (tertiary/aromatic N) is 3. The first kappa shape index (κ1) is 16.7. The van der Waals surface area contributed by atoms with Gasteiger partial charge in [-0.3, -0.25) is 4.90 Å². The summed E-state index contributed by atoms with van der Waals surface area (Å²) in [6, 6.07) is 11.3. The highest BCUT2D eigenvalue weighted by molar-refractivity contribution is 5.20. The molecule has 0 unspecified atom stereocenters. The lowest BCUT2D eigenvalue weighted by Crippen LogP contribution is -2.41. The van der Waals surface area contributed by atoms with E-state index in [0.717, 1.165) is 19.3 Å². The Morgan fingerprint density at radius 2 is 2.16 bits per heavy atom. The zero-order chi connectivity index (χ0) is 17.3. The molecular weight excluding hydrogens is 318 g/mol. The Morgan fingerprint density at radius 3 is 2.92 bits per heavy atom. The third-order valence-corrected chi connectivity index (χ3v) is 5.81. The van der Waals surface area contributed by atoms with Gasteiger partial charge in [-0.05, 0) is 31.2 Å². The summed E-state index contributed by atoms with van der Waals surface area (Å²) in [5, 5.41) is 14.2. The quantitative estimate of drug-likeness (QED) is 0.831. The summed E-state index contributed by atoms with van der Waals surface area (Å²) in [5.74, 6) is 1.22. The van der Waals surface area contributed by atoms with E-state index < -0.39 is 0 Å². The third-order valence-electron chi connectivity index (χ3n) is 5.81. The number of aliphatic hydroxyl groups is 1. The number of ether oxygens (including phenoxy) is 1. The van der Waals surface area contributed by atoms with Crippen molar-refractivity contribution in [2.24, 2.45) is 5.41 Å². The highest BCUT2D eigenvalue weighted by Crippen LogP contribution is 2.51. The zero-order valence-electron chi connectivity index (χ0n) is 14.6. The third kappa shape index (κ3) is 3.10. The summed E-state index contributed by atoms with van der Waals surface area (Å²) in [4.78, 5) is 6.87. The number of aliphatic hydroxyl groups excluding tert-OH is 1. The Hall–Kier alpha value is -1.76. The highest BCUT2D eigenvalue weighted by Gasteiger charge is 2.55. The molecule has 6 heteroatoms. The van der Waals surface area contributed by atoms with Crippen molar-refractivity contribution in [2.45, 2.75) is 50.9 Å². The number of aromatic nitrogens is 2. The van der Waals surface area contributed by atoms with Crippen molar-refractivity contribution in [3.05, 3.63) is 47.6 Å². The molecule has 1 aromatic heterocycles. The Labute approximate surface area is 147 Å². The molecular formula is C19H25N3O3. The van der Waals surface area contributed by atoms with Gasteiger partial charge in [-0.25, -0.2) is 0 Å². The number of rotatable bonds is 7. The van der Waals surface area contributed by atoms with E-state index in [1.807, 2.05) is 6.07 Å². The Kier molecular flexibility index (Phi) is 4.58. The molecule has 4 rings (SSSR count). The molecule has 1 aromatic carbocycles. The molecule has 0 spiro atoms. The summed E-state index contributed by atoms with van der Waals surface area (Å²) < 4.78 is 10.4. The molecule has 1 N–H and O–H groups in total. The first-order valence-corrected chi connectivity index (χ1v) is 8.95. The van der Waals surface area contributed by atoms with Crippen molar-refractivity contribution < 1.29 is 14.4 Å². The average Bonchev–Trinajstić information content (AvgIpc) is 3.31. The number of benzene rings is 1. The van der Waals surface area contributed by atoms with Crippen molar-refractivity contribution in [1.82, 2.24) is 15.0 Å². The van der Waals surface area contributed by atoms with Crippen LogP contribution in [-0.4, -0.2) is 45.9 Å². The van der Waals surface area contributed by atoms with Crippen LogP contribution in [0.15, 0.2) is 34.9 Å². The molecule has 2 aliphatic rings. The molecule has 0 saturated carbocycles. The molecule has 25 heavy (non-hydrogen) atoms. The van der Waals surface area contributed by atoms with Crippen LogP contribution in [0.3, 0.4) is 0 Å². The largest absolute Gasteiger partial charge is 0.396 e. The highest BCUT2D eigenvalue weighted by atomic mass is 16.5. The second kappa shape index (κ2) is 6.86. The van der Waals surface area contributed by atoms with E-state index in [2.05, 4.69) is 39.3 Å². The summed E-state index contributed by atoms with van der Waals surface area (Å²) in [6.07, 6.45) is 4.25. The topological polar surface area (TPSA) is 71.6 Å². The number of fused-ring (bicyclic) bond motifs is 2. The van der Waals surface area contributed by atoms with Gasteiger partial charge >= 0.3 is 0 Å². The summed E-state index contributed by atoms with van der Waals surface area (Å²) in [6.45, 7) is 1.24. The molecule has 0 aliphatic carbocycles. The predicted octanol–water partition coefficient (Wildman–Crippen LogP) is 2.17. The maximum Gasteiger partial charge on any atom is 0.240 e. The summed E-state index contributed by atoms with van der Waals surface area (Å²) in [7, 11) is 1.62. The molecule has 2 saturated heterocycles. The minimum absolute atomic E-state index is 0.0698. The fourth-order valence-electron chi connectivity index (χ4n) is 4.77. The smallest absolute Gasteiger partial charge is 0.240 e. The standard InChI is InChI=1S/C19H25N3O3/c1-24-12-17-20-18(25-21-17)11-22-15-7-8-16(22)19(10-15,13-23)9-14-5-3-2-4-6-14/h2-6,15-16,23H,7-13H2,1H3/t15-,16+,19-/m1/s1. The van der Waals surface area contributed by atoms with Gasteiger partial charge in [0.1, 0.15) is 6.61 Å². The van der Waals surface area contributed by atoms with Crippen molar-refractivity contribution in [3.63, 3.8) is 0 Å². The molecule has 0 amide bonds. The molecule has 2 aromatic rings. The monoisotopic (exact) mass is 343 g/mol. The van der Waals surface area contributed by atoms with Crippen molar-refractivity contribution in [2.75, 3.05) is 13.7 Å². The van der Waals surface area contributed by atoms with Gasteiger partial charge in [0.05, 0.1) is 13.2 Å². The number of methoxy groups -OCH3 is 1. The molecule has 2 aliphatic heterocycles. The molecule has 134 valence electrons. The van der Waals surface area contributed by atoms with Crippen LogP contribution < -0.4 is 0 Å². The lowest BCUT2D eigenvalue weighted by Gasteiger charge is -2.36. The zero-order valence-corrected chi connectivity index (χ0v) is 14.6. The van der Waals surface area contributed by atoms with Crippen molar-refractivity contribution in [1.29, 1.82) is 0 Å². The van der Waals surface area contributed by atoms with Gasteiger partial charge in [-0.2, -0.15) is 4.98 Å². The summed E-state index contributed by atoms with van der Waals surface area (Å²) in [5.41, 5.74) is 1.23. The van der Waals surface area contributed by atoms with Gasteiger partial charge in [0.25, 0.3) is 0 Å². The maximum absolute atomic E-state index is 10.3. The van der Waals surface area contributed by atoms with Crippen LogP contribution in [-0.2, 0) is 24.3 Å². The predicted molar refractivity (Wildman–Crippen MR) is 91.6 cm³/mol. The van der Waals surface area contributed by atoms with E-state index in [9.17, 15) is 5.11 Å². The maximum atomic E-state index is 10.3. The van der Waals surface area contributed by atoms with Crippen LogP contribution in [0.4, 0.5) is 0 Å². The van der Waals surface area contributed by atoms with Gasteiger partial charge in [0.15, 0.2) is 5.82 Å². The lowest BCUT2D eigenvalue weighted by atomic mass is 9.70. The van der Waals surface area contributed by atoms with Crippen LogP contribution in [0, 0.1) is 5.41 Å². The van der Waals surface area contributed by atoms with E-state index in [4.69, 9.17) is 9.26 Å². The molecule has 0 radical (unpaired) electrons. The van der Waals surface area contributed by atoms with E-state index in [-0.39, 0.29) is 12.0 Å². The van der Waals surface area contributed by atoms with Gasteiger partial charge in [-0.1, -0.05) is 35.5 Å². The van der Waals surface area contributed by atoms with E-state index in [1.54, 1.807) is 7.11 Å². The van der Waals surface area contributed by atoms with E-state index in [1.165, 1.54) is 12.0 Å². The van der Waals surface area contributed by atoms with Gasteiger partial charge in [0, 0.05) is 24.6 Å². The van der Waals surface area contributed by atoms with Crippen LogP contribution in [0.25, 0.3) is 0 Å². The van der Waals surface area contributed by atoms with Crippen LogP contribution in [0.2, 0.25) is 0 Å². The van der Waals surface area contributed by atoms with Gasteiger partial charge in [-0.15, -0.1) is 0 Å². The fourth-order valence-corrected chi connectivity index (χ4v) is 4.77. The number of hydrogen-bond acceptors (Lipinski definition) is 6. The number of hydrogen-bond donors (Lipinski definition) is 1. The minimum atomic E-state index is -0.0698. The van der Waals surface area contributed by atoms with E-state index >= 15 is 0 Å². The first-order valence-electron chi connectivity index (χ1n) is 8.95. The van der Waals surface area contributed by atoms with Gasteiger partial charge < -0.3 is 14.4 Å². The van der Waals surface area contributed by atoms with Crippen LogP contribution in [0.1, 0.15) is 36.5 Å². The SMILES string of the molecule is COCc1noc(CN2[C@@H]3CC[C@H]2[C@](CO)(Cc2ccccc2)C3)n1. The van der Waals surface area contributed by atoms with Crippen LogP contribution >= 0.6 is 0 Å². The Balaban J connectivity index is 1.51. The van der Waals surface area contributed by atoms with Crippen molar-refractivity contribution in [3.8, 4) is 0 Å². The lowest BCUT2D eigenvalue weighted by molar-refractivity contribution is 0.0723. The summed E-state index contributed by atoms with van der Waals surface area (Å²) >= 11 is 0. The van der Waals surface area contributed by atoms with Gasteiger partial charge in [0.2, 0.25) is 5.89 Å². The minimum Gasteiger partial charge on any atom is -0.396 e. The molecule has 2 fully saturated rings. The van der Waals surface area contributed by atoms with Crippen molar-refractivity contribution >= 4 is 0 Å². The fraction of sp³-hybridized carbons (Fsp3) is 0.579. The normalized spacial score (nSPS) is 28.7. The average molecular weight is 343 g/mol. The molecule has 6 nitrogen and oxygen atoms in total. The van der Waals surface area contributed by atoms with Crippen LogP contribution in [0.5, 0.6) is 0 Å². The second-order valence-corrected chi connectivity index (χ2v) is 7.34. The first-order chi connectivity index (χ1) is 12.2. The Bertz CT molecular complexity index is 705. The second-order valence-electron chi connectivity index (χ2n) is 7.34. The van der Waals surface area contributed by atoms with E-state index in [0.29, 0.717) is 37.0 Å². The molecule has 2 bridgehead atoms. The Morgan fingerprint density at radius 1 is 1.32 bits per heavy atom. The molecule has 3 atom stereocenters. The molecule has 3 heterocycles.